The molecular formula is C15H14BrClO2. The van der Waals surface area contributed by atoms with Crippen LogP contribution in [-0.2, 0) is 6.61 Å². The summed E-state index contributed by atoms with van der Waals surface area (Å²) in [4.78, 5) is 0. The predicted octanol–water partition coefficient (Wildman–Crippen LogP) is 5.00. The van der Waals surface area contributed by atoms with Gasteiger partial charge >= 0.3 is 0 Å². The van der Waals surface area contributed by atoms with Crippen molar-refractivity contribution in [3.8, 4) is 11.5 Å². The van der Waals surface area contributed by atoms with E-state index in [1.165, 1.54) is 0 Å². The van der Waals surface area contributed by atoms with Crippen LogP contribution in [0.4, 0.5) is 0 Å². The number of rotatable bonds is 4. The van der Waals surface area contributed by atoms with Gasteiger partial charge in [0.1, 0.15) is 18.1 Å². The van der Waals surface area contributed by atoms with Crippen LogP contribution in [0.1, 0.15) is 11.1 Å². The molecule has 0 heterocycles. The van der Waals surface area contributed by atoms with Gasteiger partial charge in [0.05, 0.1) is 11.6 Å². The van der Waals surface area contributed by atoms with Gasteiger partial charge < -0.3 is 9.47 Å². The van der Waals surface area contributed by atoms with Crippen LogP contribution in [0, 0.1) is 6.92 Å². The molecule has 0 N–H and O–H groups in total. The molecule has 0 saturated carbocycles. The summed E-state index contributed by atoms with van der Waals surface area (Å²) >= 11 is 9.41. The molecule has 2 nitrogen and oxygen atoms in total. The summed E-state index contributed by atoms with van der Waals surface area (Å²) in [6.45, 7) is 2.48. The zero-order valence-corrected chi connectivity index (χ0v) is 13.1. The van der Waals surface area contributed by atoms with E-state index in [-0.39, 0.29) is 0 Å². The lowest BCUT2D eigenvalue weighted by molar-refractivity contribution is 0.294. The third-order valence-corrected chi connectivity index (χ3v) is 3.74. The van der Waals surface area contributed by atoms with E-state index >= 15 is 0 Å². The van der Waals surface area contributed by atoms with Crippen molar-refractivity contribution < 1.29 is 9.47 Å². The fourth-order valence-corrected chi connectivity index (χ4v) is 2.31. The summed E-state index contributed by atoms with van der Waals surface area (Å²) in [7, 11) is 1.66. The van der Waals surface area contributed by atoms with Crippen molar-refractivity contribution in [1.29, 1.82) is 0 Å². The van der Waals surface area contributed by atoms with Crippen LogP contribution >= 0.6 is 27.5 Å². The van der Waals surface area contributed by atoms with E-state index in [1.807, 2.05) is 37.3 Å². The van der Waals surface area contributed by atoms with Crippen molar-refractivity contribution in [2.45, 2.75) is 13.5 Å². The topological polar surface area (TPSA) is 18.5 Å². The molecule has 0 aliphatic carbocycles. The van der Waals surface area contributed by atoms with Crippen LogP contribution in [0.15, 0.2) is 40.9 Å². The number of methoxy groups -OCH3 is 1. The van der Waals surface area contributed by atoms with Crippen molar-refractivity contribution in [2.24, 2.45) is 0 Å². The Balaban J connectivity index is 2.21. The summed E-state index contributed by atoms with van der Waals surface area (Å²) in [5.41, 5.74) is 2.18. The molecule has 2 rings (SSSR count). The van der Waals surface area contributed by atoms with Gasteiger partial charge in [0.15, 0.2) is 0 Å². The fraction of sp³-hybridized carbons (Fsp3) is 0.200. The molecule has 2 aromatic rings. The van der Waals surface area contributed by atoms with Gasteiger partial charge in [-0.2, -0.15) is 0 Å². The molecule has 19 heavy (non-hydrogen) atoms. The number of hydrogen-bond acceptors (Lipinski definition) is 2. The fourth-order valence-electron chi connectivity index (χ4n) is 1.79. The Kier molecular flexibility index (Phi) is 4.72. The standard InChI is InChI=1S/C15H14BrClO2/c1-10-4-3-5-14(18-2)12(10)9-19-15-8-11(17)6-7-13(15)16/h3-8H,9H2,1-2H3. The van der Waals surface area contributed by atoms with Crippen molar-refractivity contribution in [2.75, 3.05) is 7.11 Å². The maximum Gasteiger partial charge on any atom is 0.135 e. The average molecular weight is 342 g/mol. The third kappa shape index (κ3) is 3.43. The molecule has 0 unspecified atom stereocenters. The van der Waals surface area contributed by atoms with Gasteiger partial charge in [-0.3, -0.25) is 0 Å². The lowest BCUT2D eigenvalue weighted by atomic mass is 10.1. The van der Waals surface area contributed by atoms with E-state index in [0.29, 0.717) is 11.6 Å². The molecule has 0 saturated heterocycles. The Hall–Kier alpha value is -1.19. The number of ether oxygens (including phenoxy) is 2. The quantitative estimate of drug-likeness (QED) is 0.779. The number of benzene rings is 2. The van der Waals surface area contributed by atoms with E-state index in [9.17, 15) is 0 Å². The first kappa shape index (κ1) is 14.2. The first-order valence-corrected chi connectivity index (χ1v) is 6.99. The van der Waals surface area contributed by atoms with E-state index in [0.717, 1.165) is 27.1 Å². The summed E-state index contributed by atoms with van der Waals surface area (Å²) in [6, 6.07) is 11.4. The smallest absolute Gasteiger partial charge is 0.135 e. The minimum Gasteiger partial charge on any atom is -0.496 e. The lowest BCUT2D eigenvalue weighted by Crippen LogP contribution is -2.01. The van der Waals surface area contributed by atoms with Crippen LogP contribution in [0.2, 0.25) is 5.02 Å². The normalized spacial score (nSPS) is 10.3. The van der Waals surface area contributed by atoms with Crippen LogP contribution in [0.3, 0.4) is 0 Å². The summed E-state index contributed by atoms with van der Waals surface area (Å²) in [5, 5.41) is 0.648. The first-order chi connectivity index (χ1) is 9.11. The van der Waals surface area contributed by atoms with E-state index in [1.54, 1.807) is 13.2 Å². The van der Waals surface area contributed by atoms with Crippen molar-refractivity contribution in [3.63, 3.8) is 0 Å². The number of hydrogen-bond donors (Lipinski definition) is 0. The molecule has 0 radical (unpaired) electrons. The highest BCUT2D eigenvalue weighted by atomic mass is 79.9. The Bertz CT molecular complexity index is 584. The molecular weight excluding hydrogens is 328 g/mol. The zero-order valence-electron chi connectivity index (χ0n) is 10.7. The second-order valence-corrected chi connectivity index (χ2v) is 5.41. The van der Waals surface area contributed by atoms with Gasteiger partial charge in [0, 0.05) is 10.6 Å². The van der Waals surface area contributed by atoms with Crippen LogP contribution < -0.4 is 9.47 Å². The van der Waals surface area contributed by atoms with Gasteiger partial charge in [0.25, 0.3) is 0 Å². The van der Waals surface area contributed by atoms with E-state index < -0.39 is 0 Å². The predicted molar refractivity (Wildman–Crippen MR) is 81.2 cm³/mol. The van der Waals surface area contributed by atoms with Gasteiger partial charge in [0.2, 0.25) is 0 Å². The van der Waals surface area contributed by atoms with Gasteiger partial charge in [-0.1, -0.05) is 23.7 Å². The van der Waals surface area contributed by atoms with Gasteiger partial charge in [-0.15, -0.1) is 0 Å². The van der Waals surface area contributed by atoms with Gasteiger partial charge in [-0.25, -0.2) is 0 Å². The Morgan fingerprint density at radius 1 is 1.16 bits per heavy atom. The highest BCUT2D eigenvalue weighted by Gasteiger charge is 2.08. The molecule has 0 aliphatic heterocycles. The minimum atomic E-state index is 0.439. The minimum absolute atomic E-state index is 0.439. The third-order valence-electron chi connectivity index (χ3n) is 2.85. The summed E-state index contributed by atoms with van der Waals surface area (Å²) in [6.07, 6.45) is 0. The summed E-state index contributed by atoms with van der Waals surface area (Å²) < 4.78 is 12.0. The molecule has 0 bridgehead atoms. The Morgan fingerprint density at radius 2 is 1.95 bits per heavy atom. The second-order valence-electron chi connectivity index (χ2n) is 4.12. The summed E-state index contributed by atoms with van der Waals surface area (Å²) in [5.74, 6) is 1.55. The molecule has 0 aromatic heterocycles. The highest BCUT2D eigenvalue weighted by Crippen LogP contribution is 2.30. The van der Waals surface area contributed by atoms with Crippen LogP contribution in [0.25, 0.3) is 0 Å². The van der Waals surface area contributed by atoms with Crippen molar-refractivity contribution in [3.05, 3.63) is 57.0 Å². The molecule has 0 amide bonds. The molecule has 0 aliphatic rings. The number of aryl methyl sites for hydroxylation is 1. The molecule has 2 aromatic carbocycles. The van der Waals surface area contributed by atoms with E-state index in [2.05, 4.69) is 15.9 Å². The number of halogens is 2. The maximum atomic E-state index is 5.96. The van der Waals surface area contributed by atoms with Crippen LogP contribution in [0.5, 0.6) is 11.5 Å². The largest absolute Gasteiger partial charge is 0.496 e. The van der Waals surface area contributed by atoms with Crippen LogP contribution in [-0.4, -0.2) is 7.11 Å². The molecule has 100 valence electrons. The van der Waals surface area contributed by atoms with E-state index in [4.69, 9.17) is 21.1 Å². The Morgan fingerprint density at radius 3 is 2.68 bits per heavy atom. The first-order valence-electron chi connectivity index (χ1n) is 5.82. The molecule has 0 atom stereocenters. The Labute approximate surface area is 126 Å². The van der Waals surface area contributed by atoms with Crippen molar-refractivity contribution in [1.82, 2.24) is 0 Å². The zero-order chi connectivity index (χ0) is 13.8. The monoisotopic (exact) mass is 340 g/mol. The lowest BCUT2D eigenvalue weighted by Gasteiger charge is -2.13. The van der Waals surface area contributed by atoms with Gasteiger partial charge in [-0.05, 0) is 52.7 Å². The molecule has 4 heteroatoms. The second kappa shape index (κ2) is 6.31. The SMILES string of the molecule is COc1cccc(C)c1COc1cc(Cl)ccc1Br. The highest BCUT2D eigenvalue weighted by molar-refractivity contribution is 9.10. The molecule has 0 spiro atoms. The van der Waals surface area contributed by atoms with Crippen molar-refractivity contribution >= 4 is 27.5 Å². The average Bonchev–Trinajstić information content (AvgIpc) is 2.40. The maximum absolute atomic E-state index is 5.96. The molecule has 0 fully saturated rings.